The monoisotopic (exact) mass is 852 g/mol. The normalized spacial score (nSPS) is 9.91. The maximum absolute atomic E-state index is 10.9. The topological polar surface area (TPSA) is 135 Å². The van der Waals surface area contributed by atoms with E-state index in [9.17, 15) is 25.5 Å². The van der Waals surface area contributed by atoms with Crippen LogP contribution in [0.1, 0.15) is 11.4 Å². The van der Waals surface area contributed by atoms with Crippen molar-refractivity contribution < 1.29 is 25.5 Å². The zero-order chi connectivity index (χ0) is 44.4. The summed E-state index contributed by atoms with van der Waals surface area (Å²) in [5.74, 6) is 0.659. The molecule has 0 radical (unpaired) electrons. The number of hydrogen-bond donors (Lipinski definition) is 2. The summed E-state index contributed by atoms with van der Waals surface area (Å²) in [7, 11) is 0. The molecule has 10 rings (SSSR count). The van der Waals surface area contributed by atoms with E-state index in [-0.39, 0.29) is 46.1 Å². The summed E-state index contributed by atoms with van der Waals surface area (Å²) in [4.78, 5) is 8.45. The Bertz CT molecular complexity index is 2660. The van der Waals surface area contributed by atoms with Gasteiger partial charge in [0.2, 0.25) is 0 Å². The second-order valence-electron chi connectivity index (χ2n) is 14.3. The van der Waals surface area contributed by atoms with E-state index in [1.165, 1.54) is 0 Å². The van der Waals surface area contributed by atoms with Gasteiger partial charge in [-0.1, -0.05) is 200 Å². The summed E-state index contributed by atoms with van der Waals surface area (Å²) in [6.45, 7) is 3.82. The smallest absolute Gasteiger partial charge is 0.872 e. The van der Waals surface area contributed by atoms with Gasteiger partial charge in [0.05, 0.1) is 0 Å². The fourth-order valence-electron chi connectivity index (χ4n) is 6.29. The number of para-hydroxylation sites is 2. The van der Waals surface area contributed by atoms with Crippen LogP contribution in [0.4, 0.5) is 0 Å². The van der Waals surface area contributed by atoms with E-state index in [0.29, 0.717) is 11.0 Å². The first kappa shape index (κ1) is 47.2. The first-order valence-electron chi connectivity index (χ1n) is 20.2. The van der Waals surface area contributed by atoms with Crippen LogP contribution in [0.2, 0.25) is 0 Å². The van der Waals surface area contributed by atoms with Gasteiger partial charge in [-0.3, -0.25) is 0 Å². The van der Waals surface area contributed by atoms with Crippen LogP contribution >= 0.6 is 0 Å². The van der Waals surface area contributed by atoms with E-state index in [4.69, 9.17) is 0 Å². The van der Waals surface area contributed by atoms with Gasteiger partial charge in [0, 0.05) is 22.2 Å². The van der Waals surface area contributed by atoms with Crippen molar-refractivity contribution in [3.63, 3.8) is 0 Å². The van der Waals surface area contributed by atoms with Gasteiger partial charge in [0.1, 0.15) is 22.5 Å². The third-order valence-corrected chi connectivity index (χ3v) is 9.56. The first-order valence-corrected chi connectivity index (χ1v) is 20.2. The van der Waals surface area contributed by atoms with Gasteiger partial charge in [-0.25, -0.2) is 9.97 Å². The van der Waals surface area contributed by atoms with Crippen LogP contribution in [-0.4, -0.2) is 37.5 Å². The number of phenols is 2. The molecular formula is C56H45AlN2O5. The van der Waals surface area contributed by atoms with Crippen LogP contribution < -0.4 is 15.3 Å². The number of pyridine rings is 2. The predicted molar refractivity (Wildman–Crippen MR) is 256 cm³/mol. The fourth-order valence-corrected chi connectivity index (χ4v) is 6.29. The van der Waals surface area contributed by atoms with E-state index in [1.54, 1.807) is 48.5 Å². The molecule has 0 fully saturated rings. The van der Waals surface area contributed by atoms with Gasteiger partial charge in [0.15, 0.2) is 0 Å². The Hall–Kier alpha value is -7.89. The molecule has 312 valence electrons. The molecule has 0 aliphatic heterocycles. The number of hydrogen-bond acceptors (Lipinski definition) is 7. The van der Waals surface area contributed by atoms with Crippen LogP contribution in [0, 0.1) is 13.8 Å². The van der Waals surface area contributed by atoms with E-state index in [1.807, 2.05) is 190 Å². The first-order chi connectivity index (χ1) is 30.6. The van der Waals surface area contributed by atoms with Crippen LogP contribution in [0.25, 0.3) is 55.2 Å². The quantitative estimate of drug-likeness (QED) is 0.169. The Labute approximate surface area is 384 Å². The van der Waals surface area contributed by atoms with E-state index in [0.717, 1.165) is 55.5 Å². The Morgan fingerprint density at radius 3 is 0.844 bits per heavy atom. The SMILES string of the molecule is Cc1ccc2cccc(O)c2n1.Cc1ccc2cccc(O)c2n1.[Al+3].[O-]c1ccc(-c2ccccc2)cc1.[O-]c1ccc(-c2ccccc2)cc1.[O-]c1ccc(-c2ccccc2)cc1. The molecule has 0 bridgehead atoms. The number of aromatic hydroxyl groups is 2. The molecule has 0 unspecified atom stereocenters. The van der Waals surface area contributed by atoms with E-state index < -0.39 is 0 Å². The molecule has 0 aliphatic carbocycles. The number of phenolic OH excluding ortho intramolecular Hbond substituents is 2. The Morgan fingerprint density at radius 1 is 0.297 bits per heavy atom. The number of nitrogens with zero attached hydrogens (tertiary/aromatic N) is 2. The van der Waals surface area contributed by atoms with Crippen molar-refractivity contribution in [3.05, 3.63) is 236 Å². The second-order valence-corrected chi connectivity index (χ2v) is 14.3. The summed E-state index contributed by atoms with van der Waals surface area (Å²) < 4.78 is 0. The summed E-state index contributed by atoms with van der Waals surface area (Å²) >= 11 is 0. The minimum absolute atomic E-state index is 0. The molecule has 0 saturated heterocycles. The minimum Gasteiger partial charge on any atom is -0.872 e. The second kappa shape index (κ2) is 23.9. The fraction of sp³-hybridized carbons (Fsp3) is 0.0357. The van der Waals surface area contributed by atoms with Crippen molar-refractivity contribution in [2.24, 2.45) is 0 Å². The minimum atomic E-state index is 0. The molecule has 64 heavy (non-hydrogen) atoms. The van der Waals surface area contributed by atoms with Gasteiger partial charge in [-0.15, -0.1) is 17.2 Å². The number of benzene rings is 8. The number of rotatable bonds is 3. The molecule has 8 heteroatoms. The number of aryl methyl sites for hydroxylation is 2. The molecule has 2 heterocycles. The summed E-state index contributed by atoms with van der Waals surface area (Å²) in [6, 6.07) is 69.2. The predicted octanol–water partition coefficient (Wildman–Crippen LogP) is 11.4. The van der Waals surface area contributed by atoms with E-state index in [2.05, 4.69) is 9.97 Å². The van der Waals surface area contributed by atoms with Crippen molar-refractivity contribution in [1.29, 1.82) is 0 Å². The average Bonchev–Trinajstić information content (AvgIpc) is 3.32. The third kappa shape index (κ3) is 14.1. The Balaban J connectivity index is 0.000000150. The van der Waals surface area contributed by atoms with Crippen molar-refractivity contribution in [3.8, 4) is 62.1 Å². The van der Waals surface area contributed by atoms with Crippen molar-refractivity contribution in [2.45, 2.75) is 13.8 Å². The standard InChI is InChI=1S/3C12H10O.2C10H9NO.Al/c3*13-12-8-6-11(7-9-12)10-4-2-1-3-5-10;2*1-7-5-6-8-3-2-4-9(12)10(8)11-7;/h3*1-9,13H;2*2-6,12H,1H3;/q;;;;;+3/p-3. The Morgan fingerprint density at radius 2 is 0.562 bits per heavy atom. The van der Waals surface area contributed by atoms with Gasteiger partial charge in [-0.05, 0) is 71.5 Å². The van der Waals surface area contributed by atoms with Crippen molar-refractivity contribution in [2.75, 3.05) is 0 Å². The van der Waals surface area contributed by atoms with E-state index >= 15 is 0 Å². The zero-order valence-electron chi connectivity index (χ0n) is 35.5. The molecule has 0 saturated carbocycles. The summed E-state index contributed by atoms with van der Waals surface area (Å²) in [6.07, 6.45) is 0. The molecule has 0 atom stereocenters. The summed E-state index contributed by atoms with van der Waals surface area (Å²) in [5.41, 5.74) is 9.87. The molecule has 0 amide bonds. The van der Waals surface area contributed by atoms with Crippen molar-refractivity contribution >= 4 is 39.2 Å². The molecule has 8 aromatic carbocycles. The van der Waals surface area contributed by atoms with Gasteiger partial charge >= 0.3 is 17.4 Å². The maximum Gasteiger partial charge on any atom is 3.00 e. The molecule has 7 nitrogen and oxygen atoms in total. The molecule has 0 aliphatic rings. The largest absolute Gasteiger partial charge is 3.00 e. The zero-order valence-corrected chi connectivity index (χ0v) is 36.6. The van der Waals surface area contributed by atoms with Gasteiger partial charge in [-0.2, -0.15) is 0 Å². The van der Waals surface area contributed by atoms with Crippen LogP contribution in [0.3, 0.4) is 0 Å². The van der Waals surface area contributed by atoms with Crippen LogP contribution in [0.5, 0.6) is 28.7 Å². The Kier molecular flexibility index (Phi) is 17.6. The van der Waals surface area contributed by atoms with Crippen LogP contribution in [-0.2, 0) is 0 Å². The van der Waals surface area contributed by atoms with Gasteiger partial charge in [0.25, 0.3) is 0 Å². The van der Waals surface area contributed by atoms with Crippen molar-refractivity contribution in [1.82, 2.24) is 9.97 Å². The van der Waals surface area contributed by atoms with Crippen LogP contribution in [0.15, 0.2) is 224 Å². The molecule has 2 N–H and O–H groups in total. The summed E-state index contributed by atoms with van der Waals surface area (Å²) in [5, 5.41) is 53.4. The maximum atomic E-state index is 10.9. The molecule has 10 aromatic rings. The molecule has 0 spiro atoms. The molecular weight excluding hydrogens is 808 g/mol. The van der Waals surface area contributed by atoms with Gasteiger partial charge < -0.3 is 25.5 Å². The average molecular weight is 853 g/mol. The molecule has 2 aromatic heterocycles. The third-order valence-electron chi connectivity index (χ3n) is 9.56. The number of fused-ring (bicyclic) bond motifs is 2. The number of aromatic nitrogens is 2.